The molecular weight excluding hydrogens is 244 g/mol. The van der Waals surface area contributed by atoms with Crippen LogP contribution in [0.1, 0.15) is 44.6 Å². The molecule has 1 heterocycles. The highest BCUT2D eigenvalue weighted by molar-refractivity contribution is 5.14. The molecule has 110 valence electrons. The van der Waals surface area contributed by atoms with Crippen LogP contribution in [0.4, 0.5) is 0 Å². The van der Waals surface area contributed by atoms with Gasteiger partial charge in [0.25, 0.3) is 0 Å². The summed E-state index contributed by atoms with van der Waals surface area (Å²) in [7, 11) is 0. The minimum atomic E-state index is 0.711. The second-order valence-corrected chi connectivity index (χ2v) is 6.84. The Morgan fingerprint density at radius 3 is 2.70 bits per heavy atom. The van der Waals surface area contributed by atoms with Crippen molar-refractivity contribution in [3.05, 3.63) is 35.9 Å². The zero-order valence-electron chi connectivity index (χ0n) is 12.7. The van der Waals surface area contributed by atoms with Crippen LogP contribution >= 0.6 is 0 Å². The van der Waals surface area contributed by atoms with E-state index in [-0.39, 0.29) is 0 Å². The van der Waals surface area contributed by atoms with Crippen molar-refractivity contribution in [1.82, 2.24) is 10.2 Å². The van der Waals surface area contributed by atoms with Crippen LogP contribution in [0, 0.1) is 5.92 Å². The third-order valence-electron chi connectivity index (χ3n) is 4.92. The summed E-state index contributed by atoms with van der Waals surface area (Å²) in [6, 6.07) is 12.4. The quantitative estimate of drug-likeness (QED) is 0.903. The third kappa shape index (κ3) is 3.83. The molecule has 0 bridgehead atoms. The highest BCUT2D eigenvalue weighted by atomic mass is 15.2. The highest BCUT2D eigenvalue weighted by Gasteiger charge is 2.26. The second-order valence-electron chi connectivity index (χ2n) is 6.84. The molecule has 2 fully saturated rings. The normalized spacial score (nSPS) is 31.6. The number of nitrogens with one attached hydrogen (secondary N) is 1. The van der Waals surface area contributed by atoms with E-state index in [9.17, 15) is 0 Å². The number of hydrogen-bond acceptors (Lipinski definition) is 2. The van der Waals surface area contributed by atoms with Crippen LogP contribution < -0.4 is 5.32 Å². The molecule has 20 heavy (non-hydrogen) atoms. The van der Waals surface area contributed by atoms with Crippen LogP contribution in [0.3, 0.4) is 0 Å². The van der Waals surface area contributed by atoms with Crippen LogP contribution in [0.15, 0.2) is 30.3 Å². The molecule has 1 aromatic carbocycles. The molecule has 2 heteroatoms. The van der Waals surface area contributed by atoms with Crippen LogP contribution in [0.2, 0.25) is 0 Å². The van der Waals surface area contributed by atoms with E-state index in [0.29, 0.717) is 6.04 Å². The molecule has 3 atom stereocenters. The van der Waals surface area contributed by atoms with Crippen LogP contribution in [0.5, 0.6) is 0 Å². The Hall–Kier alpha value is -0.860. The van der Waals surface area contributed by atoms with Crippen molar-refractivity contribution in [2.45, 2.75) is 57.7 Å². The fourth-order valence-electron chi connectivity index (χ4n) is 3.87. The van der Waals surface area contributed by atoms with Crippen molar-refractivity contribution in [1.29, 1.82) is 0 Å². The first-order valence-electron chi connectivity index (χ1n) is 8.32. The standard InChI is InChI=1S/C18H28N2/c1-15-9-10-17(12-15)19-18-8-5-11-20(14-18)13-16-6-3-2-4-7-16/h2-4,6-7,15,17-19H,5,8-14H2,1H3. The number of piperidine rings is 1. The molecule has 0 aromatic heterocycles. The molecule has 1 aliphatic carbocycles. The largest absolute Gasteiger partial charge is 0.310 e. The van der Waals surface area contributed by atoms with Gasteiger partial charge in [-0.2, -0.15) is 0 Å². The van der Waals surface area contributed by atoms with E-state index >= 15 is 0 Å². The minimum absolute atomic E-state index is 0.711. The van der Waals surface area contributed by atoms with Gasteiger partial charge in [-0.25, -0.2) is 0 Å². The lowest BCUT2D eigenvalue weighted by atomic mass is 10.0. The molecule has 0 amide bonds. The van der Waals surface area contributed by atoms with Gasteiger partial charge in [0, 0.05) is 25.2 Å². The maximum absolute atomic E-state index is 3.92. The van der Waals surface area contributed by atoms with Crippen LogP contribution in [0.25, 0.3) is 0 Å². The molecule has 2 nitrogen and oxygen atoms in total. The molecule has 1 aromatic rings. The summed E-state index contributed by atoms with van der Waals surface area (Å²) in [5.74, 6) is 0.927. The van der Waals surface area contributed by atoms with E-state index in [1.807, 2.05) is 0 Å². The fourth-order valence-corrected chi connectivity index (χ4v) is 3.87. The van der Waals surface area contributed by atoms with Crippen molar-refractivity contribution in [2.24, 2.45) is 5.92 Å². The van der Waals surface area contributed by atoms with Gasteiger partial charge in [0.05, 0.1) is 0 Å². The zero-order chi connectivity index (χ0) is 13.8. The fraction of sp³-hybridized carbons (Fsp3) is 0.667. The lowest BCUT2D eigenvalue weighted by Crippen LogP contribution is -2.48. The first-order chi connectivity index (χ1) is 9.79. The number of likely N-dealkylation sites (tertiary alicyclic amines) is 1. The van der Waals surface area contributed by atoms with Crippen LogP contribution in [-0.2, 0) is 6.54 Å². The summed E-state index contributed by atoms with van der Waals surface area (Å²) in [6.45, 7) is 5.98. The van der Waals surface area contributed by atoms with E-state index in [0.717, 1.165) is 18.5 Å². The molecule has 1 saturated carbocycles. The average molecular weight is 272 g/mol. The number of nitrogens with zero attached hydrogens (tertiary/aromatic N) is 1. The molecule has 1 aliphatic heterocycles. The second kappa shape index (κ2) is 6.73. The van der Waals surface area contributed by atoms with Gasteiger partial charge >= 0.3 is 0 Å². The van der Waals surface area contributed by atoms with Crippen molar-refractivity contribution < 1.29 is 0 Å². The summed E-state index contributed by atoms with van der Waals surface area (Å²) in [5.41, 5.74) is 1.45. The smallest absolute Gasteiger partial charge is 0.0234 e. The molecule has 3 rings (SSSR count). The molecular formula is C18H28N2. The molecule has 0 radical (unpaired) electrons. The first kappa shape index (κ1) is 14.1. The van der Waals surface area contributed by atoms with E-state index in [2.05, 4.69) is 47.5 Å². The van der Waals surface area contributed by atoms with Crippen LogP contribution in [-0.4, -0.2) is 30.1 Å². The lowest BCUT2D eigenvalue weighted by molar-refractivity contribution is 0.175. The van der Waals surface area contributed by atoms with E-state index in [1.165, 1.54) is 50.8 Å². The third-order valence-corrected chi connectivity index (χ3v) is 4.92. The summed E-state index contributed by atoms with van der Waals surface area (Å²) < 4.78 is 0. The van der Waals surface area contributed by atoms with Gasteiger partial charge in [-0.3, -0.25) is 4.90 Å². The highest BCUT2D eigenvalue weighted by Crippen LogP contribution is 2.26. The molecule has 0 spiro atoms. The molecule has 1 N–H and O–H groups in total. The monoisotopic (exact) mass is 272 g/mol. The Kier molecular flexibility index (Phi) is 4.74. The predicted molar refractivity (Wildman–Crippen MR) is 84.7 cm³/mol. The van der Waals surface area contributed by atoms with Gasteiger partial charge in [0.15, 0.2) is 0 Å². The maximum Gasteiger partial charge on any atom is 0.0234 e. The van der Waals surface area contributed by atoms with E-state index < -0.39 is 0 Å². The summed E-state index contributed by atoms with van der Waals surface area (Å²) in [6.07, 6.45) is 6.88. The summed E-state index contributed by atoms with van der Waals surface area (Å²) in [4.78, 5) is 2.62. The Morgan fingerprint density at radius 2 is 1.95 bits per heavy atom. The maximum atomic E-state index is 3.92. The van der Waals surface area contributed by atoms with Gasteiger partial charge in [-0.1, -0.05) is 37.3 Å². The van der Waals surface area contributed by atoms with E-state index in [4.69, 9.17) is 0 Å². The van der Waals surface area contributed by atoms with Crippen molar-refractivity contribution in [2.75, 3.05) is 13.1 Å². The lowest BCUT2D eigenvalue weighted by Gasteiger charge is -2.34. The zero-order valence-corrected chi connectivity index (χ0v) is 12.7. The molecule has 2 aliphatic rings. The van der Waals surface area contributed by atoms with Gasteiger partial charge < -0.3 is 5.32 Å². The van der Waals surface area contributed by atoms with Gasteiger partial charge in [-0.15, -0.1) is 0 Å². The van der Waals surface area contributed by atoms with Gasteiger partial charge in [-0.05, 0) is 50.1 Å². The minimum Gasteiger partial charge on any atom is -0.310 e. The van der Waals surface area contributed by atoms with E-state index in [1.54, 1.807) is 0 Å². The Morgan fingerprint density at radius 1 is 1.10 bits per heavy atom. The van der Waals surface area contributed by atoms with Gasteiger partial charge in [0.2, 0.25) is 0 Å². The van der Waals surface area contributed by atoms with Gasteiger partial charge in [0.1, 0.15) is 0 Å². The number of hydrogen-bond donors (Lipinski definition) is 1. The number of rotatable bonds is 4. The Bertz CT molecular complexity index is 403. The van der Waals surface area contributed by atoms with Crippen molar-refractivity contribution >= 4 is 0 Å². The topological polar surface area (TPSA) is 15.3 Å². The SMILES string of the molecule is CC1CCC(NC2CCCN(Cc3ccccc3)C2)C1. The van der Waals surface area contributed by atoms with Crippen molar-refractivity contribution in [3.8, 4) is 0 Å². The molecule has 3 unspecified atom stereocenters. The van der Waals surface area contributed by atoms with Crippen molar-refractivity contribution in [3.63, 3.8) is 0 Å². The first-order valence-corrected chi connectivity index (χ1v) is 8.32. The Labute approximate surface area is 123 Å². The summed E-state index contributed by atoms with van der Waals surface area (Å²) >= 11 is 0. The summed E-state index contributed by atoms with van der Waals surface area (Å²) in [5, 5.41) is 3.92. The molecule has 1 saturated heterocycles. The Balaban J connectivity index is 1.49. The average Bonchev–Trinajstić information content (AvgIpc) is 2.86. The number of benzene rings is 1. The predicted octanol–water partition coefficient (Wildman–Crippen LogP) is 3.43.